The fourth-order valence-electron chi connectivity index (χ4n) is 2.67. The van der Waals surface area contributed by atoms with Crippen molar-refractivity contribution in [2.24, 2.45) is 0 Å². The van der Waals surface area contributed by atoms with E-state index in [4.69, 9.17) is 0 Å². The van der Waals surface area contributed by atoms with Crippen LogP contribution >= 0.6 is 0 Å². The maximum atomic E-state index is 4.47. The van der Waals surface area contributed by atoms with E-state index in [1.807, 2.05) is 30.7 Å². The van der Waals surface area contributed by atoms with Crippen molar-refractivity contribution < 1.29 is 0 Å². The van der Waals surface area contributed by atoms with Crippen LogP contribution in [0.25, 0.3) is 5.82 Å². The summed E-state index contributed by atoms with van der Waals surface area (Å²) >= 11 is 0. The number of rotatable bonds is 5. The summed E-state index contributed by atoms with van der Waals surface area (Å²) in [7, 11) is 0. The van der Waals surface area contributed by atoms with Crippen LogP contribution in [0.2, 0.25) is 0 Å². The molecule has 3 aromatic rings. The second-order valence-corrected chi connectivity index (χ2v) is 6.16. The van der Waals surface area contributed by atoms with Crippen molar-refractivity contribution in [2.75, 3.05) is 5.32 Å². The first-order chi connectivity index (χ1) is 11.6. The third-order valence-electron chi connectivity index (χ3n) is 4.24. The van der Waals surface area contributed by atoms with Crippen molar-refractivity contribution in [1.29, 1.82) is 0 Å². The molecule has 0 bridgehead atoms. The molecule has 0 amide bonds. The van der Waals surface area contributed by atoms with Gasteiger partial charge in [0.05, 0.1) is 5.69 Å². The lowest BCUT2D eigenvalue weighted by Crippen LogP contribution is -2.04. The number of hydrogen-bond acceptors (Lipinski definition) is 4. The number of aromatic nitrogens is 4. The van der Waals surface area contributed by atoms with Gasteiger partial charge in [-0.25, -0.2) is 14.6 Å². The topological polar surface area (TPSA) is 55.6 Å². The van der Waals surface area contributed by atoms with Crippen LogP contribution in [0.3, 0.4) is 0 Å². The van der Waals surface area contributed by atoms with Crippen molar-refractivity contribution in [3.63, 3.8) is 0 Å². The SMILES string of the molecule is CC[C@H](C)c1ccc(Nc2cc(-n3nc(C)cc3C)ncn2)cc1. The van der Waals surface area contributed by atoms with Gasteiger partial charge in [-0.3, -0.25) is 0 Å². The summed E-state index contributed by atoms with van der Waals surface area (Å²) in [6.45, 7) is 8.44. The van der Waals surface area contributed by atoms with E-state index in [0.717, 1.165) is 35.1 Å². The average molecular weight is 321 g/mol. The summed E-state index contributed by atoms with van der Waals surface area (Å²) in [6.07, 6.45) is 2.70. The molecule has 0 aliphatic carbocycles. The highest BCUT2D eigenvalue weighted by molar-refractivity contribution is 5.57. The number of anilines is 2. The quantitative estimate of drug-likeness (QED) is 0.750. The summed E-state index contributed by atoms with van der Waals surface area (Å²) in [5.41, 5.74) is 4.39. The molecular weight excluding hydrogens is 298 g/mol. The maximum Gasteiger partial charge on any atom is 0.159 e. The van der Waals surface area contributed by atoms with Gasteiger partial charge in [-0.15, -0.1) is 0 Å². The second-order valence-electron chi connectivity index (χ2n) is 6.16. The molecule has 0 spiro atoms. The van der Waals surface area contributed by atoms with E-state index in [1.165, 1.54) is 5.56 Å². The fourth-order valence-corrected chi connectivity index (χ4v) is 2.67. The molecule has 5 nitrogen and oxygen atoms in total. The normalized spacial score (nSPS) is 12.2. The van der Waals surface area contributed by atoms with Gasteiger partial charge >= 0.3 is 0 Å². The molecule has 1 aromatic carbocycles. The van der Waals surface area contributed by atoms with E-state index < -0.39 is 0 Å². The molecule has 0 saturated heterocycles. The summed E-state index contributed by atoms with van der Waals surface area (Å²) in [5, 5.41) is 7.80. The van der Waals surface area contributed by atoms with Crippen LogP contribution in [-0.4, -0.2) is 19.7 Å². The Morgan fingerprint density at radius 2 is 1.83 bits per heavy atom. The highest BCUT2D eigenvalue weighted by atomic mass is 15.3. The standard InChI is InChI=1S/C19H23N5/c1-5-13(2)16-6-8-17(9-7-16)22-18-11-19(21-12-20-18)24-15(4)10-14(3)23-24/h6-13H,5H2,1-4H3,(H,20,21,22)/t13-/m0/s1. The van der Waals surface area contributed by atoms with Crippen LogP contribution in [-0.2, 0) is 0 Å². The van der Waals surface area contributed by atoms with Gasteiger partial charge in [0.25, 0.3) is 0 Å². The van der Waals surface area contributed by atoms with Crippen LogP contribution in [0.15, 0.2) is 42.7 Å². The monoisotopic (exact) mass is 321 g/mol. The van der Waals surface area contributed by atoms with E-state index in [9.17, 15) is 0 Å². The zero-order valence-corrected chi connectivity index (χ0v) is 14.6. The smallest absolute Gasteiger partial charge is 0.159 e. The summed E-state index contributed by atoms with van der Waals surface area (Å²) in [4.78, 5) is 8.63. The van der Waals surface area contributed by atoms with Crippen LogP contribution in [0, 0.1) is 13.8 Å². The van der Waals surface area contributed by atoms with Gasteiger partial charge in [-0.2, -0.15) is 5.10 Å². The number of nitrogens with zero attached hydrogens (tertiary/aromatic N) is 4. The molecule has 0 unspecified atom stereocenters. The van der Waals surface area contributed by atoms with Crippen LogP contribution < -0.4 is 5.32 Å². The minimum atomic E-state index is 0.579. The Hall–Kier alpha value is -2.69. The van der Waals surface area contributed by atoms with Crippen LogP contribution in [0.4, 0.5) is 11.5 Å². The van der Waals surface area contributed by atoms with Crippen molar-refractivity contribution >= 4 is 11.5 Å². The van der Waals surface area contributed by atoms with Crippen LogP contribution in [0.1, 0.15) is 43.1 Å². The predicted octanol–water partition coefficient (Wildman–Crippen LogP) is 4.54. The van der Waals surface area contributed by atoms with Crippen molar-refractivity contribution in [3.05, 3.63) is 59.7 Å². The number of benzene rings is 1. The molecule has 2 heterocycles. The molecule has 0 fully saturated rings. The Labute approximate surface area is 142 Å². The van der Waals surface area contributed by atoms with Gasteiger partial charge in [0.2, 0.25) is 0 Å². The largest absolute Gasteiger partial charge is 0.340 e. The number of nitrogens with one attached hydrogen (secondary N) is 1. The lowest BCUT2D eigenvalue weighted by atomic mass is 9.99. The molecule has 0 radical (unpaired) electrons. The van der Waals surface area contributed by atoms with Crippen molar-refractivity contribution in [2.45, 2.75) is 40.0 Å². The first-order valence-corrected chi connectivity index (χ1v) is 8.29. The molecule has 1 atom stereocenters. The summed E-state index contributed by atoms with van der Waals surface area (Å²) < 4.78 is 1.83. The van der Waals surface area contributed by atoms with E-state index in [0.29, 0.717) is 5.92 Å². The van der Waals surface area contributed by atoms with E-state index >= 15 is 0 Å². The minimum Gasteiger partial charge on any atom is -0.340 e. The lowest BCUT2D eigenvalue weighted by Gasteiger charge is -2.11. The Kier molecular flexibility index (Phi) is 4.60. The van der Waals surface area contributed by atoms with Crippen LogP contribution in [0.5, 0.6) is 0 Å². The zero-order valence-electron chi connectivity index (χ0n) is 14.6. The molecule has 5 heteroatoms. The van der Waals surface area contributed by atoms with Gasteiger partial charge < -0.3 is 5.32 Å². The third-order valence-corrected chi connectivity index (χ3v) is 4.24. The Morgan fingerprint density at radius 3 is 2.46 bits per heavy atom. The lowest BCUT2D eigenvalue weighted by molar-refractivity contribution is 0.734. The van der Waals surface area contributed by atoms with Gasteiger partial charge in [0.15, 0.2) is 5.82 Å². The average Bonchev–Trinajstić information content (AvgIpc) is 2.93. The second kappa shape index (κ2) is 6.83. The van der Waals surface area contributed by atoms with Gasteiger partial charge in [0, 0.05) is 17.4 Å². The predicted molar refractivity (Wildman–Crippen MR) is 97.1 cm³/mol. The molecule has 0 saturated carbocycles. The zero-order chi connectivity index (χ0) is 17.1. The highest BCUT2D eigenvalue weighted by Crippen LogP contribution is 2.22. The Balaban J connectivity index is 1.81. The molecule has 1 N–H and O–H groups in total. The molecule has 0 aliphatic rings. The first-order valence-electron chi connectivity index (χ1n) is 8.29. The van der Waals surface area contributed by atoms with Gasteiger partial charge in [-0.05, 0) is 49.9 Å². The van der Waals surface area contributed by atoms with E-state index in [1.54, 1.807) is 6.33 Å². The minimum absolute atomic E-state index is 0.579. The molecule has 2 aromatic heterocycles. The summed E-state index contributed by atoms with van der Waals surface area (Å²) in [5.74, 6) is 2.09. The molecular formula is C19H23N5. The van der Waals surface area contributed by atoms with Crippen molar-refractivity contribution in [1.82, 2.24) is 19.7 Å². The molecule has 3 rings (SSSR count). The van der Waals surface area contributed by atoms with Gasteiger partial charge in [0.1, 0.15) is 12.1 Å². The Morgan fingerprint density at radius 1 is 1.08 bits per heavy atom. The third kappa shape index (κ3) is 3.45. The number of aryl methyl sites for hydroxylation is 2. The number of hydrogen-bond donors (Lipinski definition) is 1. The molecule has 124 valence electrons. The first kappa shape index (κ1) is 16.2. The van der Waals surface area contributed by atoms with Crippen molar-refractivity contribution in [3.8, 4) is 5.82 Å². The van der Waals surface area contributed by atoms with Gasteiger partial charge in [-0.1, -0.05) is 26.0 Å². The fraction of sp³-hybridized carbons (Fsp3) is 0.316. The van der Waals surface area contributed by atoms with E-state index in [2.05, 4.69) is 58.5 Å². The van der Waals surface area contributed by atoms with E-state index in [-0.39, 0.29) is 0 Å². The maximum absolute atomic E-state index is 4.47. The Bertz CT molecular complexity index is 820. The molecule has 24 heavy (non-hydrogen) atoms. The highest BCUT2D eigenvalue weighted by Gasteiger charge is 2.07. The summed E-state index contributed by atoms with van der Waals surface area (Å²) in [6, 6.07) is 12.4. The molecule has 0 aliphatic heterocycles.